The summed E-state index contributed by atoms with van der Waals surface area (Å²) >= 11 is 2.90. The van der Waals surface area contributed by atoms with Crippen LogP contribution in [0, 0.1) is 11.3 Å². The molecule has 0 aliphatic heterocycles. The summed E-state index contributed by atoms with van der Waals surface area (Å²) in [7, 11) is 0. The highest BCUT2D eigenvalue weighted by atomic mass is 32.2. The monoisotopic (exact) mass is 386 g/mol. The van der Waals surface area contributed by atoms with E-state index < -0.39 is 11.9 Å². The minimum Gasteiger partial charge on any atom is -0.452 e. The van der Waals surface area contributed by atoms with Gasteiger partial charge in [-0.2, -0.15) is 5.26 Å². The normalized spacial score (nSPS) is 12.8. The van der Waals surface area contributed by atoms with Crippen LogP contribution in [0.4, 0.5) is 5.00 Å². The van der Waals surface area contributed by atoms with Gasteiger partial charge in [-0.1, -0.05) is 12.1 Å². The second kappa shape index (κ2) is 8.39. The molecule has 1 amide bonds. The quantitative estimate of drug-likeness (QED) is 0.620. The van der Waals surface area contributed by atoms with E-state index in [1.807, 2.05) is 18.4 Å². The van der Waals surface area contributed by atoms with Crippen LogP contribution in [0.25, 0.3) is 0 Å². The second-order valence-corrected chi connectivity index (χ2v) is 7.80. The molecule has 5 nitrogen and oxygen atoms in total. The summed E-state index contributed by atoms with van der Waals surface area (Å²) in [5, 5.41) is 12.7. The number of carbonyl (C=O) groups is 2. The number of ether oxygens (including phenoxy) is 1. The first kappa shape index (κ1) is 18.5. The molecule has 1 aliphatic carbocycles. The summed E-state index contributed by atoms with van der Waals surface area (Å²) in [5.74, 6) is -0.967. The minimum absolute atomic E-state index is 0.380. The average Bonchev–Trinajstić information content (AvgIpc) is 3.02. The third-order valence-electron chi connectivity index (χ3n) is 4.20. The number of rotatable bonds is 5. The van der Waals surface area contributed by atoms with Crippen LogP contribution in [-0.2, 0) is 22.4 Å². The number of hydrogen-bond acceptors (Lipinski definition) is 6. The standard InChI is InChI=1S/C19H18N2O3S2/c1-25-15-8-4-3-7-13(15)19(23)24-11-17(22)21-18-14(10-20)12-6-2-5-9-16(12)26-18/h3-4,7-8H,2,5-6,9,11H2,1H3,(H,21,22). The molecule has 2 aromatic rings. The van der Waals surface area contributed by atoms with E-state index >= 15 is 0 Å². The van der Waals surface area contributed by atoms with Crippen LogP contribution in [0.1, 0.15) is 39.2 Å². The minimum atomic E-state index is -0.531. The van der Waals surface area contributed by atoms with Gasteiger partial charge < -0.3 is 10.1 Å². The highest BCUT2D eigenvalue weighted by molar-refractivity contribution is 7.98. The smallest absolute Gasteiger partial charge is 0.339 e. The number of thioether (sulfide) groups is 1. The van der Waals surface area contributed by atoms with E-state index in [-0.39, 0.29) is 6.61 Å². The van der Waals surface area contributed by atoms with Gasteiger partial charge >= 0.3 is 5.97 Å². The zero-order valence-corrected chi connectivity index (χ0v) is 16.0. The number of esters is 1. The van der Waals surface area contributed by atoms with Crippen LogP contribution in [0.2, 0.25) is 0 Å². The first-order chi connectivity index (χ1) is 12.6. The predicted molar refractivity (Wildman–Crippen MR) is 103 cm³/mol. The van der Waals surface area contributed by atoms with E-state index in [0.29, 0.717) is 16.1 Å². The maximum atomic E-state index is 12.2. The molecule has 1 N–H and O–H groups in total. The van der Waals surface area contributed by atoms with E-state index in [2.05, 4.69) is 11.4 Å². The van der Waals surface area contributed by atoms with E-state index in [1.54, 1.807) is 12.1 Å². The number of fused-ring (bicyclic) bond motifs is 1. The molecular formula is C19H18N2O3S2. The topological polar surface area (TPSA) is 79.2 Å². The first-order valence-corrected chi connectivity index (χ1v) is 10.3. The predicted octanol–water partition coefficient (Wildman–Crippen LogP) is 4.02. The van der Waals surface area contributed by atoms with Gasteiger partial charge in [0, 0.05) is 9.77 Å². The van der Waals surface area contributed by atoms with Gasteiger partial charge in [0.2, 0.25) is 0 Å². The molecule has 0 saturated heterocycles. The number of amides is 1. The Balaban J connectivity index is 1.64. The third kappa shape index (κ3) is 3.92. The number of nitriles is 1. The van der Waals surface area contributed by atoms with Crippen molar-refractivity contribution in [2.45, 2.75) is 30.6 Å². The Morgan fingerprint density at radius 1 is 1.31 bits per heavy atom. The Bertz CT molecular complexity index is 883. The van der Waals surface area contributed by atoms with Gasteiger partial charge in [-0.15, -0.1) is 23.1 Å². The molecule has 0 bridgehead atoms. The fraction of sp³-hybridized carbons (Fsp3) is 0.316. The summed E-state index contributed by atoms with van der Waals surface area (Å²) in [6, 6.07) is 9.30. The van der Waals surface area contributed by atoms with Gasteiger partial charge in [0.05, 0.1) is 11.1 Å². The number of carbonyl (C=O) groups excluding carboxylic acids is 2. The zero-order valence-electron chi connectivity index (χ0n) is 14.3. The number of aryl methyl sites for hydroxylation is 1. The van der Waals surface area contributed by atoms with Crippen LogP contribution in [0.5, 0.6) is 0 Å². The molecule has 134 valence electrons. The summed E-state index contributed by atoms with van der Waals surface area (Å²) in [6.07, 6.45) is 5.88. The molecule has 26 heavy (non-hydrogen) atoms. The van der Waals surface area contributed by atoms with Crippen LogP contribution in [-0.4, -0.2) is 24.7 Å². The summed E-state index contributed by atoms with van der Waals surface area (Å²) in [5.41, 5.74) is 2.05. The molecule has 0 fully saturated rings. The van der Waals surface area contributed by atoms with Gasteiger partial charge in [0.25, 0.3) is 5.91 Å². The Hall–Kier alpha value is -2.30. The molecule has 0 atom stereocenters. The Kier molecular flexibility index (Phi) is 5.96. The van der Waals surface area contributed by atoms with Gasteiger partial charge in [0.1, 0.15) is 11.1 Å². The molecule has 1 aromatic heterocycles. The molecule has 0 unspecified atom stereocenters. The van der Waals surface area contributed by atoms with Gasteiger partial charge in [-0.05, 0) is 49.6 Å². The van der Waals surface area contributed by atoms with Crippen LogP contribution in [0.3, 0.4) is 0 Å². The van der Waals surface area contributed by atoms with E-state index in [1.165, 1.54) is 28.0 Å². The summed E-state index contributed by atoms with van der Waals surface area (Å²) < 4.78 is 5.14. The first-order valence-electron chi connectivity index (χ1n) is 8.28. The summed E-state index contributed by atoms with van der Waals surface area (Å²) in [4.78, 5) is 26.4. The van der Waals surface area contributed by atoms with E-state index in [9.17, 15) is 14.9 Å². The van der Waals surface area contributed by atoms with Crippen molar-refractivity contribution >= 4 is 40.0 Å². The van der Waals surface area contributed by atoms with Gasteiger partial charge in [-0.3, -0.25) is 4.79 Å². The maximum absolute atomic E-state index is 12.2. The molecule has 1 heterocycles. The maximum Gasteiger partial charge on any atom is 0.339 e. The highest BCUT2D eigenvalue weighted by Crippen LogP contribution is 2.37. The molecule has 3 rings (SSSR count). The number of anilines is 1. The second-order valence-electron chi connectivity index (χ2n) is 5.85. The molecule has 1 aromatic carbocycles. The Labute approximate surface area is 160 Å². The number of hydrogen-bond donors (Lipinski definition) is 1. The van der Waals surface area contributed by atoms with Gasteiger partial charge in [0.15, 0.2) is 6.61 Å². The van der Waals surface area contributed by atoms with Crippen molar-refractivity contribution in [3.05, 3.63) is 45.8 Å². The highest BCUT2D eigenvalue weighted by Gasteiger charge is 2.22. The fourth-order valence-corrected chi connectivity index (χ4v) is 4.80. The van der Waals surface area contributed by atoms with E-state index in [4.69, 9.17) is 4.74 Å². The lowest BCUT2D eigenvalue weighted by molar-refractivity contribution is -0.119. The summed E-state index contributed by atoms with van der Waals surface area (Å²) in [6.45, 7) is -0.380. The fourth-order valence-electron chi connectivity index (χ4n) is 2.96. The average molecular weight is 386 g/mol. The Morgan fingerprint density at radius 3 is 2.85 bits per heavy atom. The van der Waals surface area contributed by atoms with Crippen molar-refractivity contribution < 1.29 is 14.3 Å². The van der Waals surface area contributed by atoms with Crippen molar-refractivity contribution in [1.82, 2.24) is 0 Å². The van der Waals surface area contributed by atoms with Crippen molar-refractivity contribution in [2.75, 3.05) is 18.2 Å². The van der Waals surface area contributed by atoms with Crippen molar-refractivity contribution in [3.8, 4) is 6.07 Å². The molecular weight excluding hydrogens is 368 g/mol. The van der Waals surface area contributed by atoms with Crippen molar-refractivity contribution in [2.24, 2.45) is 0 Å². The Morgan fingerprint density at radius 2 is 2.08 bits per heavy atom. The molecule has 0 radical (unpaired) electrons. The molecule has 7 heteroatoms. The SMILES string of the molecule is CSc1ccccc1C(=O)OCC(=O)Nc1sc2c(c1C#N)CCCC2. The number of nitrogens with zero attached hydrogens (tertiary/aromatic N) is 1. The molecule has 0 saturated carbocycles. The third-order valence-corrected chi connectivity index (χ3v) is 6.20. The lowest BCUT2D eigenvalue weighted by atomic mass is 9.96. The zero-order chi connectivity index (χ0) is 18.5. The van der Waals surface area contributed by atoms with Crippen molar-refractivity contribution in [3.63, 3.8) is 0 Å². The van der Waals surface area contributed by atoms with Crippen LogP contribution >= 0.6 is 23.1 Å². The largest absolute Gasteiger partial charge is 0.452 e. The van der Waals surface area contributed by atoms with Gasteiger partial charge in [-0.25, -0.2) is 4.79 Å². The number of benzene rings is 1. The molecule has 0 spiro atoms. The molecule has 1 aliphatic rings. The van der Waals surface area contributed by atoms with Crippen molar-refractivity contribution in [1.29, 1.82) is 5.26 Å². The van der Waals surface area contributed by atoms with Crippen LogP contribution in [0.15, 0.2) is 29.2 Å². The lowest BCUT2D eigenvalue weighted by Crippen LogP contribution is -2.21. The number of thiophene rings is 1. The lowest BCUT2D eigenvalue weighted by Gasteiger charge is -2.09. The number of nitrogens with one attached hydrogen (secondary N) is 1. The van der Waals surface area contributed by atoms with E-state index in [0.717, 1.165) is 36.1 Å². The van der Waals surface area contributed by atoms with Crippen LogP contribution < -0.4 is 5.32 Å².